The Kier molecular flexibility index (Phi) is 6.08. The molecule has 3 aromatic rings. The van der Waals surface area contributed by atoms with Gasteiger partial charge in [0.05, 0.1) is 37.5 Å². The van der Waals surface area contributed by atoms with Gasteiger partial charge < -0.3 is 19.4 Å². The number of hydrogen-bond donors (Lipinski definition) is 1. The number of likely N-dealkylation sites (tertiary alicyclic amines) is 1. The average molecular weight is 426 g/mol. The van der Waals surface area contributed by atoms with Gasteiger partial charge in [-0.1, -0.05) is 0 Å². The predicted octanol–water partition coefficient (Wildman–Crippen LogP) is 3.78. The maximum atomic E-state index is 13.5. The largest absolute Gasteiger partial charge is 0.497 e. The van der Waals surface area contributed by atoms with Gasteiger partial charge in [-0.15, -0.1) is 0 Å². The van der Waals surface area contributed by atoms with Crippen molar-refractivity contribution in [1.29, 1.82) is 0 Å². The number of carbonyl (C=O) groups is 1. The van der Waals surface area contributed by atoms with Crippen LogP contribution in [0.1, 0.15) is 24.7 Å². The van der Waals surface area contributed by atoms with Gasteiger partial charge in [0.2, 0.25) is 5.91 Å². The summed E-state index contributed by atoms with van der Waals surface area (Å²) < 4.78 is 26.3. The number of rotatable bonds is 6. The molecule has 0 unspecified atom stereocenters. The number of ether oxygens (including phenoxy) is 2. The van der Waals surface area contributed by atoms with Crippen LogP contribution in [-0.4, -0.2) is 54.2 Å². The third-order valence-electron chi connectivity index (χ3n) is 5.80. The van der Waals surface area contributed by atoms with Crippen LogP contribution in [0.3, 0.4) is 0 Å². The Labute approximate surface area is 180 Å². The average Bonchev–Trinajstić information content (AvgIpc) is 3.08. The number of halogens is 1. The molecule has 8 heteroatoms. The monoisotopic (exact) mass is 426 g/mol. The number of fused-ring (bicyclic) bond motifs is 1. The lowest BCUT2D eigenvalue weighted by atomic mass is 10.0. The number of piperidine rings is 1. The van der Waals surface area contributed by atoms with Crippen LogP contribution < -0.4 is 14.8 Å². The molecular formula is C23H27FN4O3. The third-order valence-corrected chi connectivity index (χ3v) is 5.80. The van der Waals surface area contributed by atoms with Crippen molar-refractivity contribution in [3.8, 4) is 11.5 Å². The van der Waals surface area contributed by atoms with Crippen molar-refractivity contribution >= 4 is 22.6 Å². The Hall–Kier alpha value is -3.13. The second-order valence-electron chi connectivity index (χ2n) is 7.78. The van der Waals surface area contributed by atoms with Crippen LogP contribution in [0.25, 0.3) is 11.0 Å². The second-order valence-corrected chi connectivity index (χ2v) is 7.78. The fraction of sp³-hybridized carbons (Fsp3) is 0.391. The third kappa shape index (κ3) is 4.49. The molecule has 0 radical (unpaired) electrons. The SMILES string of the molecule is COc1ccc(OC)c(NC(=O)CN2CCC(n3c(C)nc4cc(F)ccc43)CC2)c1. The number of anilines is 1. The summed E-state index contributed by atoms with van der Waals surface area (Å²) in [6, 6.07) is 10.3. The van der Waals surface area contributed by atoms with Crippen LogP contribution in [0.5, 0.6) is 11.5 Å². The Morgan fingerprint density at radius 1 is 1.16 bits per heavy atom. The molecule has 0 aliphatic carbocycles. The molecule has 1 saturated heterocycles. The highest BCUT2D eigenvalue weighted by atomic mass is 19.1. The quantitative estimate of drug-likeness (QED) is 0.650. The van der Waals surface area contributed by atoms with Crippen LogP contribution in [0.4, 0.5) is 10.1 Å². The maximum Gasteiger partial charge on any atom is 0.238 e. The van der Waals surface area contributed by atoms with E-state index in [1.165, 1.54) is 12.1 Å². The first-order chi connectivity index (χ1) is 15.0. The van der Waals surface area contributed by atoms with E-state index in [0.717, 1.165) is 37.3 Å². The van der Waals surface area contributed by atoms with Gasteiger partial charge in [0.25, 0.3) is 0 Å². The van der Waals surface area contributed by atoms with Crippen molar-refractivity contribution in [2.24, 2.45) is 0 Å². The van der Waals surface area contributed by atoms with Gasteiger partial charge >= 0.3 is 0 Å². The summed E-state index contributed by atoms with van der Waals surface area (Å²) in [5, 5.41) is 2.92. The zero-order valence-electron chi connectivity index (χ0n) is 18.0. The van der Waals surface area contributed by atoms with Crippen molar-refractivity contribution in [2.75, 3.05) is 39.2 Å². The van der Waals surface area contributed by atoms with Crippen molar-refractivity contribution in [3.63, 3.8) is 0 Å². The van der Waals surface area contributed by atoms with E-state index in [9.17, 15) is 9.18 Å². The Morgan fingerprint density at radius 3 is 2.65 bits per heavy atom. The number of benzene rings is 2. The molecule has 0 spiro atoms. The van der Waals surface area contributed by atoms with E-state index in [1.54, 1.807) is 38.5 Å². The van der Waals surface area contributed by atoms with Crippen LogP contribution in [-0.2, 0) is 4.79 Å². The summed E-state index contributed by atoms with van der Waals surface area (Å²) in [7, 11) is 3.15. The molecule has 1 aliphatic heterocycles. The molecular weight excluding hydrogens is 399 g/mol. The van der Waals surface area contributed by atoms with Gasteiger partial charge in [-0.3, -0.25) is 9.69 Å². The van der Waals surface area contributed by atoms with E-state index in [1.807, 2.05) is 6.92 Å². The number of hydrogen-bond acceptors (Lipinski definition) is 5. The van der Waals surface area contributed by atoms with Gasteiger partial charge in [0, 0.05) is 31.3 Å². The molecule has 1 aliphatic rings. The highest BCUT2D eigenvalue weighted by molar-refractivity contribution is 5.94. The first kappa shape index (κ1) is 21.1. The van der Waals surface area contributed by atoms with Crippen LogP contribution in [0.2, 0.25) is 0 Å². The highest BCUT2D eigenvalue weighted by Crippen LogP contribution is 2.30. The van der Waals surface area contributed by atoms with E-state index in [-0.39, 0.29) is 17.8 Å². The zero-order chi connectivity index (χ0) is 22.0. The van der Waals surface area contributed by atoms with Gasteiger partial charge in [-0.25, -0.2) is 9.37 Å². The normalized spacial score (nSPS) is 15.2. The topological polar surface area (TPSA) is 68.6 Å². The number of carbonyl (C=O) groups excluding carboxylic acids is 1. The van der Waals surface area contributed by atoms with Crippen molar-refractivity contribution in [2.45, 2.75) is 25.8 Å². The summed E-state index contributed by atoms with van der Waals surface area (Å²) in [4.78, 5) is 19.3. The van der Waals surface area contributed by atoms with Gasteiger partial charge in [-0.2, -0.15) is 0 Å². The number of nitrogens with one attached hydrogen (secondary N) is 1. The first-order valence-electron chi connectivity index (χ1n) is 10.4. The number of imidazole rings is 1. The predicted molar refractivity (Wildman–Crippen MR) is 117 cm³/mol. The van der Waals surface area contributed by atoms with E-state index < -0.39 is 0 Å². The molecule has 0 bridgehead atoms. The fourth-order valence-corrected chi connectivity index (χ4v) is 4.29. The number of amides is 1. The molecule has 0 atom stereocenters. The molecule has 2 aromatic carbocycles. The van der Waals surface area contributed by atoms with Crippen LogP contribution in [0.15, 0.2) is 36.4 Å². The van der Waals surface area contributed by atoms with Crippen LogP contribution >= 0.6 is 0 Å². The Morgan fingerprint density at radius 2 is 1.94 bits per heavy atom. The fourth-order valence-electron chi connectivity index (χ4n) is 4.29. The van der Waals surface area contributed by atoms with Crippen molar-refractivity contribution < 1.29 is 18.7 Å². The van der Waals surface area contributed by atoms with E-state index in [2.05, 4.69) is 19.8 Å². The minimum absolute atomic E-state index is 0.0928. The van der Waals surface area contributed by atoms with Crippen molar-refractivity contribution in [1.82, 2.24) is 14.5 Å². The molecule has 1 fully saturated rings. The van der Waals surface area contributed by atoms with E-state index in [0.29, 0.717) is 29.2 Å². The summed E-state index contributed by atoms with van der Waals surface area (Å²) in [6.45, 7) is 3.86. The minimum atomic E-state index is -0.273. The Bertz CT molecular complexity index is 1090. The van der Waals surface area contributed by atoms with Crippen LogP contribution in [0, 0.1) is 12.7 Å². The second kappa shape index (κ2) is 8.93. The van der Waals surface area contributed by atoms with E-state index in [4.69, 9.17) is 9.47 Å². The Balaban J connectivity index is 1.38. The molecule has 7 nitrogen and oxygen atoms in total. The molecule has 0 saturated carbocycles. The van der Waals surface area contributed by atoms with Gasteiger partial charge in [-0.05, 0) is 44.0 Å². The van der Waals surface area contributed by atoms with Gasteiger partial charge in [0.15, 0.2) is 0 Å². The summed E-state index contributed by atoms with van der Waals surface area (Å²) in [6.07, 6.45) is 1.80. The van der Waals surface area contributed by atoms with Crippen molar-refractivity contribution in [3.05, 3.63) is 48.0 Å². The lowest BCUT2D eigenvalue weighted by Gasteiger charge is -2.33. The number of methoxy groups -OCH3 is 2. The first-order valence-corrected chi connectivity index (χ1v) is 10.4. The number of aryl methyl sites for hydroxylation is 1. The highest BCUT2D eigenvalue weighted by Gasteiger charge is 2.25. The van der Waals surface area contributed by atoms with Gasteiger partial charge in [0.1, 0.15) is 23.1 Å². The molecule has 164 valence electrons. The smallest absolute Gasteiger partial charge is 0.238 e. The standard InChI is InChI=1S/C23H27FN4O3/c1-15-25-19-12-16(24)4-6-21(19)28(15)17-8-10-27(11-9-17)14-23(29)26-20-13-18(30-2)5-7-22(20)31-3/h4-7,12-13,17H,8-11,14H2,1-3H3,(H,26,29). The summed E-state index contributed by atoms with van der Waals surface area (Å²) in [5.41, 5.74) is 2.24. The summed E-state index contributed by atoms with van der Waals surface area (Å²) >= 11 is 0. The minimum Gasteiger partial charge on any atom is -0.497 e. The molecule has 1 N–H and O–H groups in total. The lowest BCUT2D eigenvalue weighted by Crippen LogP contribution is -2.39. The maximum absolute atomic E-state index is 13.5. The molecule has 1 amide bonds. The zero-order valence-corrected chi connectivity index (χ0v) is 18.0. The number of nitrogens with zero attached hydrogens (tertiary/aromatic N) is 3. The molecule has 4 rings (SSSR count). The molecule has 31 heavy (non-hydrogen) atoms. The summed E-state index contributed by atoms with van der Waals surface area (Å²) in [5.74, 6) is 1.77. The number of aromatic nitrogens is 2. The molecule has 2 heterocycles. The molecule has 1 aromatic heterocycles. The lowest BCUT2D eigenvalue weighted by molar-refractivity contribution is -0.117. The van der Waals surface area contributed by atoms with E-state index >= 15 is 0 Å².